The maximum Gasteiger partial charge on any atom is 1.00 e. The van der Waals surface area contributed by atoms with Gasteiger partial charge in [-0.2, -0.15) is 0 Å². The summed E-state index contributed by atoms with van der Waals surface area (Å²) < 4.78 is 0. The van der Waals surface area contributed by atoms with Gasteiger partial charge in [-0.25, -0.2) is 0 Å². The Labute approximate surface area is 128 Å². The molecule has 0 amide bonds. The minimum absolute atomic E-state index is 0. The van der Waals surface area contributed by atoms with Crippen molar-refractivity contribution >= 4 is 0 Å². The third kappa shape index (κ3) is 2.38. The van der Waals surface area contributed by atoms with E-state index in [9.17, 15) is 0 Å². The first-order chi connectivity index (χ1) is 5.23. The van der Waals surface area contributed by atoms with E-state index in [1.165, 1.54) is 38.5 Å². The van der Waals surface area contributed by atoms with Crippen molar-refractivity contribution in [2.75, 3.05) is 0 Å². The molecule has 1 nitrogen and oxygen atoms in total. The van der Waals surface area contributed by atoms with E-state index in [-0.39, 0.29) is 62.0 Å². The van der Waals surface area contributed by atoms with Crippen LogP contribution in [0.3, 0.4) is 0 Å². The van der Waals surface area contributed by atoms with Crippen molar-refractivity contribution in [3.63, 3.8) is 0 Å². The molecule has 13 heavy (non-hydrogen) atoms. The molecule has 4 aliphatic rings. The van der Waals surface area contributed by atoms with E-state index in [4.69, 9.17) is 5.73 Å². The molecule has 0 spiro atoms. The van der Waals surface area contributed by atoms with Crippen LogP contribution in [0.4, 0.5) is 0 Å². The van der Waals surface area contributed by atoms with E-state index in [0.717, 1.165) is 17.8 Å². The Morgan fingerprint density at radius 3 is 1.38 bits per heavy atom. The Morgan fingerprint density at radius 2 is 1.15 bits per heavy atom. The zero-order valence-corrected chi connectivity index (χ0v) is 13.1. The molecular weight excluding hydrogens is 180 g/mol. The van der Waals surface area contributed by atoms with Crippen LogP contribution in [0.5, 0.6) is 0 Å². The zero-order chi connectivity index (χ0) is 7.47. The van der Waals surface area contributed by atoms with Gasteiger partial charge in [-0.05, 0) is 56.3 Å². The van der Waals surface area contributed by atoms with E-state index < -0.39 is 0 Å². The zero-order valence-electron chi connectivity index (χ0n) is 11.1. The average molecular weight is 199 g/mol. The smallest absolute Gasteiger partial charge is 1.00 e. The standard InChI is InChI=1S/C10H17N.2Na.2H/c11-10-4-7-1-8(5-10)3-9(2-7)6-10;;;;/h7-9H,1-6,11H2;;;;/q;2*+1;2*-1. The largest absolute Gasteiger partial charge is 1.00 e. The van der Waals surface area contributed by atoms with E-state index in [1.807, 2.05) is 0 Å². The first-order valence-electron chi connectivity index (χ1n) is 5.02. The fourth-order valence-electron chi connectivity index (χ4n) is 4.18. The normalized spacial score (nSPS) is 51.0. The van der Waals surface area contributed by atoms with Gasteiger partial charge in [0.15, 0.2) is 0 Å². The van der Waals surface area contributed by atoms with Gasteiger partial charge in [0.05, 0.1) is 0 Å². The molecule has 0 saturated heterocycles. The summed E-state index contributed by atoms with van der Waals surface area (Å²) in [5.74, 6) is 3.06. The van der Waals surface area contributed by atoms with Crippen LogP contribution in [0, 0.1) is 17.8 Å². The molecule has 4 bridgehead atoms. The van der Waals surface area contributed by atoms with Crippen LogP contribution in [0.15, 0.2) is 0 Å². The third-order valence-corrected chi connectivity index (χ3v) is 4.09. The predicted molar refractivity (Wildman–Crippen MR) is 47.3 cm³/mol. The number of hydrogen-bond acceptors (Lipinski definition) is 1. The molecule has 0 atom stereocenters. The van der Waals surface area contributed by atoms with Crippen molar-refractivity contribution in [1.82, 2.24) is 0 Å². The van der Waals surface area contributed by atoms with Gasteiger partial charge < -0.3 is 8.59 Å². The van der Waals surface area contributed by atoms with Crippen LogP contribution >= 0.6 is 0 Å². The molecule has 2 N–H and O–H groups in total. The van der Waals surface area contributed by atoms with Crippen molar-refractivity contribution in [3.8, 4) is 0 Å². The predicted octanol–water partition coefficient (Wildman–Crippen LogP) is -3.85. The molecule has 0 heterocycles. The summed E-state index contributed by atoms with van der Waals surface area (Å²) in [7, 11) is 0. The molecule has 4 rings (SSSR count). The topological polar surface area (TPSA) is 26.0 Å². The Hall–Kier alpha value is 1.96. The molecule has 3 heteroatoms. The quantitative estimate of drug-likeness (QED) is 0.397. The summed E-state index contributed by atoms with van der Waals surface area (Å²) in [5.41, 5.74) is 6.62. The Morgan fingerprint density at radius 1 is 0.846 bits per heavy atom. The minimum Gasteiger partial charge on any atom is -1.00 e. The van der Waals surface area contributed by atoms with Crippen LogP contribution in [0.2, 0.25) is 0 Å². The van der Waals surface area contributed by atoms with Gasteiger partial charge in [-0.1, -0.05) is 0 Å². The summed E-state index contributed by atoms with van der Waals surface area (Å²) in [5, 5.41) is 0. The molecule has 4 aliphatic carbocycles. The van der Waals surface area contributed by atoms with Crippen molar-refractivity contribution in [2.45, 2.75) is 44.1 Å². The van der Waals surface area contributed by atoms with Gasteiger partial charge in [0, 0.05) is 5.54 Å². The Bertz CT molecular complexity index is 167. The van der Waals surface area contributed by atoms with Crippen LogP contribution < -0.4 is 64.8 Å². The SMILES string of the molecule is NC12CC3CC(CC(C3)C1)C2.[H-].[H-].[Na+].[Na+]. The van der Waals surface area contributed by atoms with Crippen LogP contribution in [-0.4, -0.2) is 5.54 Å². The number of hydrogen-bond donors (Lipinski definition) is 1. The summed E-state index contributed by atoms with van der Waals surface area (Å²) in [4.78, 5) is 0. The fraction of sp³-hybridized carbons (Fsp3) is 1.00. The number of rotatable bonds is 0. The van der Waals surface area contributed by atoms with Crippen molar-refractivity contribution in [1.29, 1.82) is 0 Å². The minimum atomic E-state index is 0. The first kappa shape index (κ1) is 13.0. The van der Waals surface area contributed by atoms with Crippen LogP contribution in [-0.2, 0) is 0 Å². The fourth-order valence-corrected chi connectivity index (χ4v) is 4.18. The number of nitrogens with two attached hydrogens (primary N) is 1. The summed E-state index contributed by atoms with van der Waals surface area (Å²) in [6.07, 6.45) is 8.57. The monoisotopic (exact) mass is 199 g/mol. The molecule has 0 aromatic heterocycles. The molecule has 0 unspecified atom stereocenters. The summed E-state index contributed by atoms with van der Waals surface area (Å²) in [6, 6.07) is 0. The van der Waals surface area contributed by atoms with E-state index in [1.54, 1.807) is 0 Å². The second-order valence-corrected chi connectivity index (χ2v) is 5.28. The van der Waals surface area contributed by atoms with E-state index >= 15 is 0 Å². The molecule has 66 valence electrons. The van der Waals surface area contributed by atoms with Gasteiger partial charge in [0.25, 0.3) is 0 Å². The second-order valence-electron chi connectivity index (χ2n) is 5.28. The second kappa shape index (κ2) is 4.45. The van der Waals surface area contributed by atoms with Crippen LogP contribution in [0.25, 0.3) is 0 Å². The molecule has 0 aromatic rings. The molecule has 0 aromatic carbocycles. The maximum absolute atomic E-state index is 6.32. The van der Waals surface area contributed by atoms with Crippen molar-refractivity contribution in [2.24, 2.45) is 23.5 Å². The van der Waals surface area contributed by atoms with Gasteiger partial charge in [-0.15, -0.1) is 0 Å². The van der Waals surface area contributed by atoms with E-state index in [0.29, 0.717) is 5.54 Å². The average Bonchev–Trinajstić information content (AvgIpc) is 1.79. The maximum atomic E-state index is 6.32. The van der Waals surface area contributed by atoms with Crippen LogP contribution in [0.1, 0.15) is 41.4 Å². The molecular formula is C10H19NNa2. The molecule has 4 fully saturated rings. The molecule has 4 saturated carbocycles. The van der Waals surface area contributed by atoms with Crippen molar-refractivity contribution < 1.29 is 62.0 Å². The van der Waals surface area contributed by atoms with Gasteiger partial charge >= 0.3 is 59.1 Å². The third-order valence-electron chi connectivity index (χ3n) is 4.09. The van der Waals surface area contributed by atoms with Gasteiger partial charge in [0.2, 0.25) is 0 Å². The Balaban J connectivity index is 0. The van der Waals surface area contributed by atoms with Gasteiger partial charge in [-0.3, -0.25) is 0 Å². The Kier molecular flexibility index (Phi) is 4.46. The summed E-state index contributed by atoms with van der Waals surface area (Å²) >= 11 is 0. The summed E-state index contributed by atoms with van der Waals surface area (Å²) in [6.45, 7) is 0. The molecule has 0 aliphatic heterocycles. The van der Waals surface area contributed by atoms with Gasteiger partial charge in [0.1, 0.15) is 0 Å². The van der Waals surface area contributed by atoms with E-state index in [2.05, 4.69) is 0 Å². The van der Waals surface area contributed by atoms with Crippen molar-refractivity contribution in [3.05, 3.63) is 0 Å². The first-order valence-corrected chi connectivity index (χ1v) is 5.02. The molecule has 0 radical (unpaired) electrons.